The van der Waals surface area contributed by atoms with E-state index in [9.17, 15) is 18.0 Å². The van der Waals surface area contributed by atoms with Crippen molar-refractivity contribution in [3.05, 3.63) is 88.4 Å². The fourth-order valence-corrected chi connectivity index (χ4v) is 6.56. The summed E-state index contributed by atoms with van der Waals surface area (Å²) in [4.78, 5) is 28.9. The molecule has 1 unspecified atom stereocenters. The van der Waals surface area contributed by atoms with E-state index in [4.69, 9.17) is 4.74 Å². The lowest BCUT2D eigenvalue weighted by Gasteiger charge is -2.32. The van der Waals surface area contributed by atoms with Crippen LogP contribution < -0.4 is 14.4 Å². The van der Waals surface area contributed by atoms with E-state index in [0.717, 1.165) is 45.6 Å². The Balaban J connectivity index is 1.69. The second kappa shape index (κ2) is 13.5. The van der Waals surface area contributed by atoms with Gasteiger partial charge in [0.1, 0.15) is 18.3 Å². The van der Waals surface area contributed by atoms with Crippen LogP contribution >= 0.6 is 15.9 Å². The van der Waals surface area contributed by atoms with Crippen LogP contribution in [0, 0.1) is 6.92 Å². The number of rotatable bonds is 11. The standard InChI is InChI=1S/C31H36BrN3O5S/c1-22-11-17-29(18-12-22)41(38,39)35(27-9-6-10-28(19-27)40-3)21-30(36)34(20-24-13-15-25(32)16-14-24)23(2)31(37)33-26-7-4-5-8-26/h6,9-19,23,26H,4-5,7-8,20-21H2,1-3H3,(H,33,37). The minimum atomic E-state index is -4.14. The SMILES string of the molecule is COc1cccc(N(CC(=O)N(Cc2ccc(Br)cc2)C(C)C(=O)NC2CCCC2)S(=O)(=O)c2ccc(C)cc2)c1. The number of benzene rings is 3. The molecular formula is C31H36BrN3O5S. The van der Waals surface area contributed by atoms with Crippen molar-refractivity contribution in [2.24, 2.45) is 0 Å². The Morgan fingerprint density at radius 3 is 2.32 bits per heavy atom. The highest BCUT2D eigenvalue weighted by Crippen LogP contribution is 2.28. The molecular weight excluding hydrogens is 606 g/mol. The fourth-order valence-electron chi connectivity index (χ4n) is 4.89. The molecule has 3 aromatic carbocycles. The van der Waals surface area contributed by atoms with Crippen LogP contribution in [0.25, 0.3) is 0 Å². The zero-order chi connectivity index (χ0) is 29.6. The molecule has 2 amide bonds. The third-order valence-electron chi connectivity index (χ3n) is 7.36. The van der Waals surface area contributed by atoms with E-state index in [2.05, 4.69) is 21.2 Å². The van der Waals surface area contributed by atoms with Crippen LogP contribution in [0.1, 0.15) is 43.7 Å². The number of nitrogens with zero attached hydrogens (tertiary/aromatic N) is 2. The molecule has 0 saturated heterocycles. The van der Waals surface area contributed by atoms with Crippen LogP contribution in [0.4, 0.5) is 5.69 Å². The van der Waals surface area contributed by atoms with Crippen molar-refractivity contribution in [1.82, 2.24) is 10.2 Å². The van der Waals surface area contributed by atoms with Gasteiger partial charge in [0, 0.05) is 23.1 Å². The highest BCUT2D eigenvalue weighted by Gasteiger charge is 2.33. The fraction of sp³-hybridized carbons (Fsp3) is 0.355. The summed E-state index contributed by atoms with van der Waals surface area (Å²) in [6, 6.07) is 19.8. The molecule has 1 aliphatic rings. The lowest BCUT2D eigenvalue weighted by Crippen LogP contribution is -2.52. The highest BCUT2D eigenvalue weighted by atomic mass is 79.9. The van der Waals surface area contributed by atoms with Crippen molar-refractivity contribution in [2.45, 2.75) is 63.1 Å². The Kier molecular flexibility index (Phi) is 10.1. The number of ether oxygens (including phenoxy) is 1. The molecule has 10 heteroatoms. The molecule has 218 valence electrons. The molecule has 41 heavy (non-hydrogen) atoms. The summed E-state index contributed by atoms with van der Waals surface area (Å²) in [7, 11) is -2.65. The van der Waals surface area contributed by atoms with Gasteiger partial charge in [-0.25, -0.2) is 8.42 Å². The Bertz CT molecular complexity index is 1460. The number of methoxy groups -OCH3 is 1. The van der Waals surface area contributed by atoms with Crippen LogP contribution in [0.5, 0.6) is 5.75 Å². The number of hydrogen-bond acceptors (Lipinski definition) is 5. The summed E-state index contributed by atoms with van der Waals surface area (Å²) in [5, 5.41) is 3.08. The van der Waals surface area contributed by atoms with E-state index in [-0.39, 0.29) is 29.1 Å². The minimum Gasteiger partial charge on any atom is -0.497 e. The number of nitrogens with one attached hydrogen (secondary N) is 1. The third-order valence-corrected chi connectivity index (χ3v) is 9.68. The van der Waals surface area contributed by atoms with Gasteiger partial charge in [-0.2, -0.15) is 0 Å². The zero-order valence-electron chi connectivity index (χ0n) is 23.5. The van der Waals surface area contributed by atoms with Crippen LogP contribution in [-0.2, 0) is 26.2 Å². The van der Waals surface area contributed by atoms with Crippen molar-refractivity contribution < 1.29 is 22.7 Å². The van der Waals surface area contributed by atoms with Crippen molar-refractivity contribution in [2.75, 3.05) is 18.0 Å². The van der Waals surface area contributed by atoms with E-state index in [1.807, 2.05) is 31.2 Å². The number of carbonyl (C=O) groups excluding carboxylic acids is 2. The number of halogens is 1. The molecule has 0 bridgehead atoms. The monoisotopic (exact) mass is 641 g/mol. The van der Waals surface area contributed by atoms with E-state index < -0.39 is 28.5 Å². The van der Waals surface area contributed by atoms with Gasteiger partial charge in [-0.05, 0) is 68.7 Å². The maximum absolute atomic E-state index is 14.1. The molecule has 3 aromatic rings. The first kappa shape index (κ1) is 30.6. The van der Waals surface area contributed by atoms with Gasteiger partial charge in [-0.1, -0.05) is 64.7 Å². The predicted octanol–water partition coefficient (Wildman–Crippen LogP) is 5.44. The van der Waals surface area contributed by atoms with Gasteiger partial charge in [0.25, 0.3) is 10.0 Å². The third kappa shape index (κ3) is 7.68. The second-order valence-corrected chi connectivity index (χ2v) is 13.1. The first-order chi connectivity index (χ1) is 19.6. The van der Waals surface area contributed by atoms with Crippen LogP contribution in [0.15, 0.2) is 82.2 Å². The summed E-state index contributed by atoms with van der Waals surface area (Å²) in [5.41, 5.74) is 2.01. The molecule has 0 spiro atoms. The van der Waals surface area contributed by atoms with Crippen LogP contribution in [0.3, 0.4) is 0 Å². The first-order valence-corrected chi connectivity index (χ1v) is 15.9. The Labute approximate surface area is 250 Å². The summed E-state index contributed by atoms with van der Waals surface area (Å²) in [5.74, 6) is -0.299. The van der Waals surface area contributed by atoms with Crippen molar-refractivity contribution >= 4 is 43.5 Å². The maximum atomic E-state index is 14.1. The second-order valence-electron chi connectivity index (χ2n) is 10.3. The Morgan fingerprint density at radius 1 is 1.02 bits per heavy atom. The average Bonchev–Trinajstić information content (AvgIpc) is 3.48. The first-order valence-electron chi connectivity index (χ1n) is 13.7. The molecule has 0 heterocycles. The molecule has 1 N–H and O–H groups in total. The van der Waals surface area contributed by atoms with Gasteiger partial charge in [0.05, 0.1) is 17.7 Å². The van der Waals surface area contributed by atoms with Gasteiger partial charge >= 0.3 is 0 Å². The molecule has 1 aliphatic carbocycles. The molecule has 0 aliphatic heterocycles. The van der Waals surface area contributed by atoms with Crippen molar-refractivity contribution in [1.29, 1.82) is 0 Å². The number of amides is 2. The van der Waals surface area contributed by atoms with E-state index in [1.54, 1.807) is 43.3 Å². The molecule has 8 nitrogen and oxygen atoms in total. The van der Waals surface area contributed by atoms with E-state index in [0.29, 0.717) is 5.75 Å². The van der Waals surface area contributed by atoms with E-state index >= 15 is 0 Å². The molecule has 0 aromatic heterocycles. The predicted molar refractivity (Wildman–Crippen MR) is 163 cm³/mol. The molecule has 1 fully saturated rings. The van der Waals surface area contributed by atoms with Crippen LogP contribution in [-0.4, -0.2) is 50.9 Å². The molecule has 4 rings (SSSR count). The lowest BCUT2D eigenvalue weighted by atomic mass is 10.1. The Morgan fingerprint density at radius 2 is 1.68 bits per heavy atom. The summed E-state index contributed by atoms with van der Waals surface area (Å²) < 4.78 is 35.2. The molecule has 1 atom stereocenters. The van der Waals surface area contributed by atoms with Crippen molar-refractivity contribution in [3.63, 3.8) is 0 Å². The van der Waals surface area contributed by atoms with Gasteiger partial charge < -0.3 is 15.0 Å². The molecule has 1 saturated carbocycles. The highest BCUT2D eigenvalue weighted by molar-refractivity contribution is 9.10. The van der Waals surface area contributed by atoms with Crippen molar-refractivity contribution in [3.8, 4) is 5.75 Å². The van der Waals surface area contributed by atoms with Gasteiger partial charge in [0.15, 0.2) is 0 Å². The summed E-state index contributed by atoms with van der Waals surface area (Å²) in [6.07, 6.45) is 3.95. The summed E-state index contributed by atoms with van der Waals surface area (Å²) in [6.45, 7) is 3.20. The van der Waals surface area contributed by atoms with E-state index in [1.165, 1.54) is 24.1 Å². The van der Waals surface area contributed by atoms with Gasteiger partial charge in [0.2, 0.25) is 11.8 Å². The average molecular weight is 643 g/mol. The number of carbonyl (C=O) groups is 2. The number of anilines is 1. The number of hydrogen-bond donors (Lipinski definition) is 1. The normalized spacial score (nSPS) is 14.3. The van der Waals surface area contributed by atoms with Gasteiger partial charge in [-0.15, -0.1) is 0 Å². The minimum absolute atomic E-state index is 0.0604. The number of aryl methyl sites for hydroxylation is 1. The lowest BCUT2D eigenvalue weighted by molar-refractivity contribution is -0.139. The van der Waals surface area contributed by atoms with Gasteiger partial charge in [-0.3, -0.25) is 13.9 Å². The quantitative estimate of drug-likeness (QED) is 0.301. The maximum Gasteiger partial charge on any atom is 0.264 e. The molecule has 0 radical (unpaired) electrons. The Hall–Kier alpha value is -3.37. The smallest absolute Gasteiger partial charge is 0.264 e. The largest absolute Gasteiger partial charge is 0.497 e. The topological polar surface area (TPSA) is 96.0 Å². The van der Waals surface area contributed by atoms with Crippen LogP contribution in [0.2, 0.25) is 0 Å². The number of sulfonamides is 1. The summed E-state index contributed by atoms with van der Waals surface area (Å²) >= 11 is 3.43. The zero-order valence-corrected chi connectivity index (χ0v) is 25.9.